The summed E-state index contributed by atoms with van der Waals surface area (Å²) in [4.78, 5) is 1.99. The third-order valence-corrected chi connectivity index (χ3v) is 2.89. The Morgan fingerprint density at radius 2 is 2.15 bits per heavy atom. The Bertz CT molecular complexity index is 451. The van der Waals surface area contributed by atoms with Gasteiger partial charge in [-0.3, -0.25) is 10.3 Å². The van der Waals surface area contributed by atoms with Crippen LogP contribution in [0.25, 0.3) is 0 Å². The molecule has 0 bridgehead atoms. The molecule has 1 aromatic rings. The molecule has 1 aromatic carbocycles. The fourth-order valence-electron chi connectivity index (χ4n) is 2.04. The highest BCUT2D eigenvalue weighted by atomic mass is 16.5. The van der Waals surface area contributed by atoms with Gasteiger partial charge in [-0.05, 0) is 24.7 Å². The molecular weight excluding hydrogens is 258 g/mol. The zero-order chi connectivity index (χ0) is 15.1. The molecule has 4 N–H and O–H groups in total. The highest BCUT2D eigenvalue weighted by Crippen LogP contribution is 2.20. The smallest absolute Gasteiger partial charge is 0.130 e. The first-order valence-electron chi connectivity index (χ1n) is 6.34. The van der Waals surface area contributed by atoms with E-state index in [0.29, 0.717) is 31.0 Å². The number of aliphatic hydroxyl groups excluding tert-OH is 1. The maximum atomic E-state index is 9.68. The third-order valence-electron chi connectivity index (χ3n) is 2.89. The van der Waals surface area contributed by atoms with Crippen LogP contribution in [0.5, 0.6) is 5.75 Å². The van der Waals surface area contributed by atoms with Crippen molar-refractivity contribution in [3.8, 4) is 5.75 Å². The van der Waals surface area contributed by atoms with Crippen molar-refractivity contribution in [3.63, 3.8) is 0 Å². The normalized spacial score (nSPS) is 12.4. The van der Waals surface area contributed by atoms with Gasteiger partial charge in [0.15, 0.2) is 0 Å². The molecule has 0 amide bonds. The molecule has 6 nitrogen and oxygen atoms in total. The fourth-order valence-corrected chi connectivity index (χ4v) is 2.04. The Labute approximate surface area is 119 Å². The van der Waals surface area contributed by atoms with E-state index in [-0.39, 0.29) is 5.84 Å². The highest BCUT2D eigenvalue weighted by Gasteiger charge is 2.11. The monoisotopic (exact) mass is 281 g/mol. The van der Waals surface area contributed by atoms with Gasteiger partial charge in [0.2, 0.25) is 0 Å². The van der Waals surface area contributed by atoms with E-state index in [2.05, 4.69) is 0 Å². The summed E-state index contributed by atoms with van der Waals surface area (Å²) in [5.41, 5.74) is 7.10. The molecule has 112 valence electrons. The molecule has 6 heteroatoms. The van der Waals surface area contributed by atoms with Gasteiger partial charge in [0.1, 0.15) is 11.6 Å². The molecular formula is C14H23N3O3. The van der Waals surface area contributed by atoms with Crippen LogP contribution in [0.4, 0.5) is 0 Å². The Balaban J connectivity index is 2.70. The van der Waals surface area contributed by atoms with E-state index in [9.17, 15) is 5.11 Å². The Kier molecular flexibility index (Phi) is 6.44. The lowest BCUT2D eigenvalue weighted by Crippen LogP contribution is -2.31. The van der Waals surface area contributed by atoms with Crippen LogP contribution in [-0.4, -0.2) is 56.4 Å². The van der Waals surface area contributed by atoms with Crippen LogP contribution in [0, 0.1) is 5.41 Å². The van der Waals surface area contributed by atoms with Crippen molar-refractivity contribution in [2.75, 3.05) is 34.4 Å². The maximum Gasteiger partial charge on any atom is 0.130 e. The number of amidine groups is 1. The summed E-state index contributed by atoms with van der Waals surface area (Å²) < 4.78 is 10.1. The number of nitrogen functional groups attached to an aromatic ring is 1. The van der Waals surface area contributed by atoms with Gasteiger partial charge < -0.3 is 20.3 Å². The average molecular weight is 281 g/mol. The molecule has 0 heterocycles. The lowest BCUT2D eigenvalue weighted by molar-refractivity contribution is 0.0419. The van der Waals surface area contributed by atoms with E-state index in [4.69, 9.17) is 20.6 Å². The van der Waals surface area contributed by atoms with Crippen molar-refractivity contribution >= 4 is 5.84 Å². The molecule has 0 aliphatic carbocycles. The van der Waals surface area contributed by atoms with Crippen molar-refractivity contribution in [1.29, 1.82) is 5.41 Å². The van der Waals surface area contributed by atoms with Gasteiger partial charge in [0, 0.05) is 20.2 Å². The van der Waals surface area contributed by atoms with Crippen LogP contribution in [-0.2, 0) is 11.3 Å². The summed E-state index contributed by atoms with van der Waals surface area (Å²) in [5.74, 6) is 0.568. The largest absolute Gasteiger partial charge is 0.496 e. The van der Waals surface area contributed by atoms with E-state index >= 15 is 0 Å². The molecule has 0 spiro atoms. The third kappa shape index (κ3) is 4.80. The molecule has 0 saturated heterocycles. The number of ether oxygens (including phenoxy) is 2. The number of benzene rings is 1. The van der Waals surface area contributed by atoms with Gasteiger partial charge in [0.25, 0.3) is 0 Å². The van der Waals surface area contributed by atoms with Gasteiger partial charge in [-0.1, -0.05) is 6.07 Å². The highest BCUT2D eigenvalue weighted by molar-refractivity contribution is 5.97. The number of methoxy groups -OCH3 is 2. The van der Waals surface area contributed by atoms with Crippen molar-refractivity contribution in [2.24, 2.45) is 5.73 Å². The number of nitrogens with zero attached hydrogens (tertiary/aromatic N) is 1. The topological polar surface area (TPSA) is 91.8 Å². The molecule has 0 saturated carbocycles. The molecule has 0 aromatic heterocycles. The molecule has 1 unspecified atom stereocenters. The molecule has 20 heavy (non-hydrogen) atoms. The first-order chi connectivity index (χ1) is 9.47. The number of hydrogen-bond acceptors (Lipinski definition) is 5. The van der Waals surface area contributed by atoms with E-state index in [1.807, 2.05) is 24.1 Å². The Morgan fingerprint density at radius 3 is 2.70 bits per heavy atom. The quantitative estimate of drug-likeness (QED) is 0.474. The summed E-state index contributed by atoms with van der Waals surface area (Å²) in [7, 11) is 5.04. The van der Waals surface area contributed by atoms with Crippen LogP contribution < -0.4 is 10.5 Å². The van der Waals surface area contributed by atoms with Crippen LogP contribution in [0.2, 0.25) is 0 Å². The Hall–Kier alpha value is -1.63. The number of nitrogens with two attached hydrogens (primary N) is 1. The van der Waals surface area contributed by atoms with Crippen LogP contribution in [0.3, 0.4) is 0 Å². The van der Waals surface area contributed by atoms with Gasteiger partial charge >= 0.3 is 0 Å². The number of rotatable bonds is 8. The van der Waals surface area contributed by atoms with E-state index in [1.165, 1.54) is 0 Å². The summed E-state index contributed by atoms with van der Waals surface area (Å²) in [6.45, 7) is 1.50. The maximum absolute atomic E-state index is 9.68. The minimum atomic E-state index is -0.511. The van der Waals surface area contributed by atoms with Crippen LogP contribution in [0.15, 0.2) is 18.2 Å². The fraction of sp³-hybridized carbons (Fsp3) is 0.500. The zero-order valence-corrected chi connectivity index (χ0v) is 12.2. The Morgan fingerprint density at radius 1 is 1.45 bits per heavy atom. The SMILES string of the molecule is COCC(O)CN(C)Cc1ccc(C(=N)N)c(OC)c1. The first-order valence-corrected chi connectivity index (χ1v) is 6.34. The molecule has 0 aliphatic rings. The van der Waals surface area contributed by atoms with Crippen LogP contribution in [0.1, 0.15) is 11.1 Å². The summed E-state index contributed by atoms with van der Waals surface area (Å²) >= 11 is 0. The van der Waals surface area contributed by atoms with Crippen molar-refractivity contribution in [3.05, 3.63) is 29.3 Å². The predicted octanol–water partition coefficient (Wildman–Crippen LogP) is 0.418. The van der Waals surface area contributed by atoms with Crippen LogP contribution >= 0.6 is 0 Å². The summed E-state index contributed by atoms with van der Waals surface area (Å²) in [6.07, 6.45) is -0.511. The number of aliphatic hydroxyl groups is 1. The van der Waals surface area contributed by atoms with Gasteiger partial charge in [-0.15, -0.1) is 0 Å². The number of likely N-dealkylation sites (N-methyl/N-ethyl adjacent to an activating group) is 1. The van der Waals surface area contributed by atoms with Crippen molar-refractivity contribution in [2.45, 2.75) is 12.6 Å². The second-order valence-electron chi connectivity index (χ2n) is 4.75. The molecule has 0 aliphatic heterocycles. The second-order valence-corrected chi connectivity index (χ2v) is 4.75. The van der Waals surface area contributed by atoms with Crippen molar-refractivity contribution in [1.82, 2.24) is 4.90 Å². The van der Waals surface area contributed by atoms with Crippen molar-refractivity contribution < 1.29 is 14.6 Å². The average Bonchev–Trinajstić information content (AvgIpc) is 2.38. The number of hydrogen-bond donors (Lipinski definition) is 3. The lowest BCUT2D eigenvalue weighted by Gasteiger charge is -2.20. The van der Waals surface area contributed by atoms with E-state index in [1.54, 1.807) is 20.3 Å². The lowest BCUT2D eigenvalue weighted by atomic mass is 10.1. The van der Waals surface area contributed by atoms with Gasteiger partial charge in [0.05, 0.1) is 25.4 Å². The van der Waals surface area contributed by atoms with Gasteiger partial charge in [-0.25, -0.2) is 0 Å². The van der Waals surface area contributed by atoms with E-state index in [0.717, 1.165) is 5.56 Å². The minimum Gasteiger partial charge on any atom is -0.496 e. The number of nitrogens with one attached hydrogen (secondary N) is 1. The first kappa shape index (κ1) is 16.4. The summed E-state index contributed by atoms with van der Waals surface area (Å²) in [5, 5.41) is 17.1. The molecule has 0 radical (unpaired) electrons. The molecule has 1 atom stereocenters. The predicted molar refractivity (Wildman–Crippen MR) is 78.2 cm³/mol. The zero-order valence-electron chi connectivity index (χ0n) is 12.2. The van der Waals surface area contributed by atoms with E-state index < -0.39 is 6.10 Å². The van der Waals surface area contributed by atoms with Gasteiger partial charge in [-0.2, -0.15) is 0 Å². The summed E-state index contributed by atoms with van der Waals surface area (Å²) in [6, 6.07) is 5.53. The standard InChI is InChI=1S/C14H23N3O3/c1-17(8-11(18)9-19-2)7-10-4-5-12(14(15)16)13(6-10)20-3/h4-6,11,18H,7-9H2,1-3H3,(H3,15,16). The molecule has 0 fully saturated rings. The molecule has 1 rings (SSSR count). The minimum absolute atomic E-state index is 0.0164. The second kappa shape index (κ2) is 7.84.